The van der Waals surface area contributed by atoms with E-state index in [4.69, 9.17) is 9.15 Å². The van der Waals surface area contributed by atoms with Gasteiger partial charge in [0, 0.05) is 25.1 Å². The number of methoxy groups -OCH3 is 1. The summed E-state index contributed by atoms with van der Waals surface area (Å²) in [5, 5.41) is 0. The maximum Gasteiger partial charge on any atom is 0.290 e. The zero-order valence-corrected chi connectivity index (χ0v) is 14.7. The quantitative estimate of drug-likeness (QED) is 0.753. The number of carbonyl (C=O) groups is 2. The highest BCUT2D eigenvalue weighted by Crippen LogP contribution is 2.35. The summed E-state index contributed by atoms with van der Waals surface area (Å²) in [6, 6.07) is 2.07. The van der Waals surface area contributed by atoms with E-state index in [1.165, 1.54) is 18.1 Å². The zero-order valence-electron chi connectivity index (χ0n) is 13.9. The molecule has 1 saturated carbocycles. The van der Waals surface area contributed by atoms with E-state index in [2.05, 4.69) is 0 Å². The molecular weight excluding hydrogens is 348 g/mol. The van der Waals surface area contributed by atoms with Crippen LogP contribution in [-0.2, 0) is 14.6 Å². The van der Waals surface area contributed by atoms with Gasteiger partial charge in [-0.2, -0.15) is 0 Å². The summed E-state index contributed by atoms with van der Waals surface area (Å²) in [4.78, 5) is 28.5. The number of fused-ring (bicyclic) bond motifs is 1. The molecule has 0 bridgehead atoms. The van der Waals surface area contributed by atoms with Crippen LogP contribution in [0.25, 0.3) is 0 Å². The molecule has 25 heavy (non-hydrogen) atoms. The Morgan fingerprint density at radius 1 is 1.12 bits per heavy atom. The molecule has 2 atom stereocenters. The SMILES string of the molecule is COc1ccc(C(=O)N2CCN(C(=O)C3CC3)[C@@H]3CS(=O)(=O)C[C@@H]32)o1. The Morgan fingerprint density at radius 2 is 1.76 bits per heavy atom. The first-order valence-corrected chi connectivity index (χ1v) is 10.2. The van der Waals surface area contributed by atoms with Crippen LogP contribution in [0.2, 0.25) is 0 Å². The normalized spacial score (nSPS) is 27.9. The first kappa shape index (κ1) is 16.4. The minimum absolute atomic E-state index is 0.0267. The summed E-state index contributed by atoms with van der Waals surface area (Å²) in [5.74, 6) is -0.173. The van der Waals surface area contributed by atoms with Crippen LogP contribution in [0.1, 0.15) is 23.4 Å². The van der Waals surface area contributed by atoms with Crippen LogP contribution in [0, 0.1) is 5.92 Å². The second kappa shape index (κ2) is 5.76. The average molecular weight is 368 g/mol. The summed E-state index contributed by atoms with van der Waals surface area (Å²) in [6.07, 6.45) is 1.74. The fourth-order valence-corrected chi connectivity index (χ4v) is 5.71. The second-order valence-corrected chi connectivity index (χ2v) is 8.99. The van der Waals surface area contributed by atoms with Gasteiger partial charge in [-0.05, 0) is 18.9 Å². The van der Waals surface area contributed by atoms with Crippen LogP contribution in [0.5, 0.6) is 5.95 Å². The van der Waals surface area contributed by atoms with E-state index in [1.807, 2.05) is 0 Å². The molecule has 4 rings (SSSR count). The Labute approximate surface area is 145 Å². The van der Waals surface area contributed by atoms with Gasteiger partial charge in [0.2, 0.25) is 5.91 Å². The van der Waals surface area contributed by atoms with Gasteiger partial charge in [-0.25, -0.2) is 8.42 Å². The monoisotopic (exact) mass is 368 g/mol. The van der Waals surface area contributed by atoms with Crippen molar-refractivity contribution in [2.75, 3.05) is 31.7 Å². The molecule has 1 aromatic rings. The molecule has 0 radical (unpaired) electrons. The molecule has 1 aromatic heterocycles. The van der Waals surface area contributed by atoms with Gasteiger partial charge in [-0.15, -0.1) is 0 Å². The topological polar surface area (TPSA) is 97.1 Å². The summed E-state index contributed by atoms with van der Waals surface area (Å²) >= 11 is 0. The highest BCUT2D eigenvalue weighted by Gasteiger charge is 2.51. The highest BCUT2D eigenvalue weighted by molar-refractivity contribution is 7.91. The van der Waals surface area contributed by atoms with E-state index in [0.29, 0.717) is 13.1 Å². The number of nitrogens with zero attached hydrogens (tertiary/aromatic N) is 2. The molecule has 0 spiro atoms. The van der Waals surface area contributed by atoms with Crippen LogP contribution in [0.4, 0.5) is 0 Å². The van der Waals surface area contributed by atoms with Crippen LogP contribution in [-0.4, -0.2) is 73.8 Å². The molecule has 2 saturated heterocycles. The third-order valence-corrected chi connectivity index (χ3v) is 6.84. The summed E-state index contributed by atoms with van der Waals surface area (Å²) in [5.41, 5.74) is 0. The van der Waals surface area contributed by atoms with Crippen LogP contribution in [0.3, 0.4) is 0 Å². The molecule has 3 aliphatic rings. The number of ether oxygens (including phenoxy) is 1. The fourth-order valence-electron chi connectivity index (χ4n) is 3.73. The van der Waals surface area contributed by atoms with Crippen LogP contribution in [0.15, 0.2) is 16.5 Å². The fraction of sp³-hybridized carbons (Fsp3) is 0.625. The van der Waals surface area contributed by atoms with Gasteiger partial charge < -0.3 is 19.0 Å². The van der Waals surface area contributed by atoms with Crippen molar-refractivity contribution in [1.29, 1.82) is 0 Å². The lowest BCUT2D eigenvalue weighted by Gasteiger charge is -2.43. The molecule has 3 fully saturated rings. The molecule has 2 aliphatic heterocycles. The average Bonchev–Trinajstić information content (AvgIpc) is 3.22. The minimum Gasteiger partial charge on any atom is -0.468 e. The number of rotatable bonds is 3. The van der Waals surface area contributed by atoms with Crippen molar-refractivity contribution >= 4 is 21.7 Å². The van der Waals surface area contributed by atoms with Gasteiger partial charge in [0.25, 0.3) is 11.9 Å². The van der Waals surface area contributed by atoms with Crippen molar-refractivity contribution in [3.8, 4) is 5.95 Å². The molecular formula is C16H20N2O6S. The first-order valence-electron chi connectivity index (χ1n) is 8.35. The number of sulfone groups is 1. The van der Waals surface area contributed by atoms with Crippen molar-refractivity contribution in [2.24, 2.45) is 5.92 Å². The largest absolute Gasteiger partial charge is 0.468 e. The molecule has 9 heteroatoms. The van der Waals surface area contributed by atoms with E-state index in [1.54, 1.807) is 11.0 Å². The lowest BCUT2D eigenvalue weighted by atomic mass is 10.0. The summed E-state index contributed by atoms with van der Waals surface area (Å²) < 4.78 is 34.6. The highest BCUT2D eigenvalue weighted by atomic mass is 32.2. The minimum atomic E-state index is -3.29. The van der Waals surface area contributed by atoms with Crippen molar-refractivity contribution in [3.05, 3.63) is 17.9 Å². The predicted molar refractivity (Wildman–Crippen MR) is 87.0 cm³/mol. The Hall–Kier alpha value is -2.03. The smallest absolute Gasteiger partial charge is 0.290 e. The van der Waals surface area contributed by atoms with E-state index >= 15 is 0 Å². The Balaban J connectivity index is 1.60. The van der Waals surface area contributed by atoms with Crippen molar-refractivity contribution < 1.29 is 27.2 Å². The van der Waals surface area contributed by atoms with Gasteiger partial charge in [0.05, 0.1) is 30.7 Å². The van der Waals surface area contributed by atoms with Gasteiger partial charge in [0.15, 0.2) is 15.6 Å². The number of hydrogen-bond donors (Lipinski definition) is 0. The number of piperazine rings is 1. The van der Waals surface area contributed by atoms with Gasteiger partial charge in [-0.3, -0.25) is 9.59 Å². The number of amides is 2. The van der Waals surface area contributed by atoms with E-state index in [0.717, 1.165) is 12.8 Å². The molecule has 1 aliphatic carbocycles. The van der Waals surface area contributed by atoms with E-state index in [9.17, 15) is 18.0 Å². The predicted octanol–water partition coefficient (Wildman–Crippen LogP) is 0.148. The molecule has 2 amide bonds. The third kappa shape index (κ3) is 2.90. The van der Waals surface area contributed by atoms with Gasteiger partial charge >= 0.3 is 0 Å². The van der Waals surface area contributed by atoms with Gasteiger partial charge in [0.1, 0.15) is 0 Å². The summed E-state index contributed by atoms with van der Waals surface area (Å²) in [6.45, 7) is 0.659. The third-order valence-electron chi connectivity index (χ3n) is 5.14. The van der Waals surface area contributed by atoms with Crippen molar-refractivity contribution in [1.82, 2.24) is 9.80 Å². The standard InChI is InChI=1S/C16H20N2O6S/c1-23-14-5-4-13(24-14)16(20)18-7-6-17(15(19)10-2-3-10)11-8-25(21,22)9-12(11)18/h4-5,10-12H,2-3,6-9H2,1H3/t11-,12+/m1/s1. The van der Waals surface area contributed by atoms with E-state index in [-0.39, 0.29) is 40.9 Å². The second-order valence-electron chi connectivity index (χ2n) is 6.84. The maximum atomic E-state index is 12.8. The van der Waals surface area contributed by atoms with Crippen molar-refractivity contribution in [3.63, 3.8) is 0 Å². The molecule has 8 nitrogen and oxygen atoms in total. The zero-order chi connectivity index (χ0) is 17.8. The maximum absolute atomic E-state index is 12.8. The first-order chi connectivity index (χ1) is 11.9. The Kier molecular flexibility index (Phi) is 3.78. The molecule has 136 valence electrons. The molecule has 0 aromatic carbocycles. The lowest BCUT2D eigenvalue weighted by molar-refractivity contribution is -0.137. The molecule has 0 N–H and O–H groups in total. The lowest BCUT2D eigenvalue weighted by Crippen LogP contribution is -2.62. The number of hydrogen-bond acceptors (Lipinski definition) is 6. The number of furan rings is 1. The van der Waals surface area contributed by atoms with Crippen LogP contribution >= 0.6 is 0 Å². The van der Waals surface area contributed by atoms with E-state index < -0.39 is 21.9 Å². The molecule has 0 unspecified atom stereocenters. The molecule has 3 heterocycles. The Morgan fingerprint density at radius 3 is 2.36 bits per heavy atom. The van der Waals surface area contributed by atoms with Crippen molar-refractivity contribution in [2.45, 2.75) is 24.9 Å². The van der Waals surface area contributed by atoms with Gasteiger partial charge in [-0.1, -0.05) is 0 Å². The summed E-state index contributed by atoms with van der Waals surface area (Å²) in [7, 11) is -1.85. The number of carbonyl (C=O) groups excluding carboxylic acids is 2. The Bertz CT molecular complexity index is 812. The van der Waals surface area contributed by atoms with Crippen LogP contribution < -0.4 is 4.74 Å².